The Morgan fingerprint density at radius 1 is 1.00 bits per heavy atom. The summed E-state index contributed by atoms with van der Waals surface area (Å²) < 4.78 is 5.79. The number of rotatable bonds is 3. The molecule has 1 heterocycles. The molecule has 1 aliphatic carbocycles. The van der Waals surface area contributed by atoms with Gasteiger partial charge in [0.05, 0.1) is 5.56 Å². The molecule has 4 N–H and O–H groups in total. The summed E-state index contributed by atoms with van der Waals surface area (Å²) in [6.45, 7) is 0.222. The molecule has 6 nitrogen and oxygen atoms in total. The monoisotopic (exact) mass is 361 g/mol. The second-order valence-corrected chi connectivity index (χ2v) is 6.20. The van der Waals surface area contributed by atoms with Gasteiger partial charge in [-0.2, -0.15) is 0 Å². The van der Waals surface area contributed by atoms with Gasteiger partial charge in [0.1, 0.15) is 17.1 Å². The molecule has 2 aromatic carbocycles. The van der Waals surface area contributed by atoms with Crippen LogP contribution in [0.25, 0.3) is 33.4 Å². The van der Waals surface area contributed by atoms with Crippen LogP contribution in [0.1, 0.15) is 15.9 Å². The Bertz CT molecular complexity index is 1230. The summed E-state index contributed by atoms with van der Waals surface area (Å²) in [6.07, 6.45) is 0. The Morgan fingerprint density at radius 3 is 2.52 bits per heavy atom. The van der Waals surface area contributed by atoms with E-state index in [0.717, 1.165) is 0 Å². The van der Waals surface area contributed by atoms with E-state index in [1.165, 1.54) is 24.3 Å². The molecule has 0 amide bonds. The van der Waals surface area contributed by atoms with Crippen LogP contribution in [0.3, 0.4) is 0 Å². The molecule has 2 aromatic rings. The van der Waals surface area contributed by atoms with Gasteiger partial charge in [-0.05, 0) is 41.5 Å². The zero-order valence-corrected chi connectivity index (χ0v) is 14.1. The lowest BCUT2D eigenvalue weighted by molar-refractivity contribution is 0.0697. The molecule has 0 spiro atoms. The van der Waals surface area contributed by atoms with Crippen LogP contribution < -0.4 is 11.2 Å². The minimum absolute atomic E-state index is 0.00626. The first kappa shape index (κ1) is 16.8. The Morgan fingerprint density at radius 2 is 1.78 bits per heavy atom. The predicted molar refractivity (Wildman–Crippen MR) is 101 cm³/mol. The summed E-state index contributed by atoms with van der Waals surface area (Å²) in [4.78, 5) is 23.7. The van der Waals surface area contributed by atoms with E-state index < -0.39 is 5.97 Å². The summed E-state index contributed by atoms with van der Waals surface area (Å²) >= 11 is 0. The van der Waals surface area contributed by atoms with Crippen LogP contribution in [0.2, 0.25) is 0 Å². The number of aromatic hydroxyl groups is 1. The molecule has 2 aliphatic rings. The second kappa shape index (κ2) is 6.26. The van der Waals surface area contributed by atoms with Crippen LogP contribution >= 0.6 is 0 Å². The van der Waals surface area contributed by atoms with Crippen LogP contribution in [0.4, 0.5) is 0 Å². The largest absolute Gasteiger partial charge is 0.508 e. The van der Waals surface area contributed by atoms with Gasteiger partial charge < -0.3 is 20.4 Å². The number of carbonyl (C=O) groups is 1. The molecule has 0 saturated carbocycles. The van der Waals surface area contributed by atoms with E-state index in [1.807, 2.05) is 0 Å². The van der Waals surface area contributed by atoms with Crippen molar-refractivity contribution in [2.75, 3.05) is 0 Å². The first-order chi connectivity index (χ1) is 13.0. The third-order valence-electron chi connectivity index (χ3n) is 4.50. The maximum absolute atomic E-state index is 11.9. The number of carboxylic acids is 1. The molecule has 27 heavy (non-hydrogen) atoms. The van der Waals surface area contributed by atoms with E-state index in [9.17, 15) is 19.8 Å². The van der Waals surface area contributed by atoms with Crippen molar-refractivity contribution in [3.8, 4) is 28.2 Å². The Labute approximate surface area is 153 Å². The number of aromatic carboxylic acids is 1. The lowest BCUT2D eigenvalue weighted by atomic mass is 9.90. The molecular formula is C21H15NO5. The van der Waals surface area contributed by atoms with E-state index >= 15 is 0 Å². The molecule has 0 aromatic heterocycles. The molecule has 0 fully saturated rings. The maximum atomic E-state index is 11.9. The van der Waals surface area contributed by atoms with E-state index in [0.29, 0.717) is 39.0 Å². The third-order valence-corrected chi connectivity index (χ3v) is 4.50. The van der Waals surface area contributed by atoms with Gasteiger partial charge in [0.25, 0.3) is 0 Å². The lowest BCUT2D eigenvalue weighted by Gasteiger charge is -2.17. The first-order valence-electron chi connectivity index (χ1n) is 8.24. The fourth-order valence-electron chi connectivity index (χ4n) is 3.26. The zero-order chi connectivity index (χ0) is 19.1. The van der Waals surface area contributed by atoms with Crippen molar-refractivity contribution in [2.24, 2.45) is 5.73 Å². The van der Waals surface area contributed by atoms with Crippen molar-refractivity contribution >= 4 is 16.9 Å². The number of phenolic OH excluding ortho intramolecular Hbond substituents is 1. The standard InChI is InChI=1S/C21H15NO5/c22-10-11-1-4-14(17(7-11)21(25)26)20-15-5-2-12(23)8-18(15)27-19-9-13(24)3-6-16(19)20/h1-9,23H,10,22H2,(H,25,26). The molecule has 0 saturated heterocycles. The number of nitrogens with two attached hydrogens (primary N) is 1. The molecule has 0 unspecified atom stereocenters. The summed E-state index contributed by atoms with van der Waals surface area (Å²) in [5.74, 6) is -0.761. The third kappa shape index (κ3) is 2.82. The van der Waals surface area contributed by atoms with E-state index in [2.05, 4.69) is 0 Å². The molecule has 0 atom stereocenters. The molecule has 0 bridgehead atoms. The fourth-order valence-corrected chi connectivity index (χ4v) is 3.26. The number of fused-ring (bicyclic) bond motifs is 2. The highest BCUT2D eigenvalue weighted by Crippen LogP contribution is 2.42. The van der Waals surface area contributed by atoms with Gasteiger partial charge in [0.15, 0.2) is 5.43 Å². The molecule has 6 heteroatoms. The van der Waals surface area contributed by atoms with Gasteiger partial charge in [-0.15, -0.1) is 0 Å². The van der Waals surface area contributed by atoms with E-state index in [4.69, 9.17) is 10.2 Å². The number of benzene rings is 3. The summed E-state index contributed by atoms with van der Waals surface area (Å²) in [5, 5.41) is 20.2. The fraction of sp³-hybridized carbons (Fsp3) is 0.0476. The van der Waals surface area contributed by atoms with Gasteiger partial charge in [0, 0.05) is 35.2 Å². The van der Waals surface area contributed by atoms with Crippen molar-refractivity contribution < 1.29 is 19.4 Å². The van der Waals surface area contributed by atoms with E-state index in [1.54, 1.807) is 30.3 Å². The van der Waals surface area contributed by atoms with Crippen molar-refractivity contribution in [3.63, 3.8) is 0 Å². The number of carboxylic acid groups (broad SMARTS) is 1. The first-order valence-corrected chi connectivity index (χ1v) is 8.24. The van der Waals surface area contributed by atoms with Crippen LogP contribution in [-0.2, 0) is 6.54 Å². The van der Waals surface area contributed by atoms with Gasteiger partial charge in [-0.25, -0.2) is 4.79 Å². The van der Waals surface area contributed by atoms with Crippen molar-refractivity contribution in [1.82, 2.24) is 0 Å². The molecule has 134 valence electrons. The van der Waals surface area contributed by atoms with Gasteiger partial charge in [0.2, 0.25) is 0 Å². The smallest absolute Gasteiger partial charge is 0.336 e. The highest BCUT2D eigenvalue weighted by Gasteiger charge is 2.22. The molecular weight excluding hydrogens is 346 g/mol. The van der Waals surface area contributed by atoms with Gasteiger partial charge >= 0.3 is 5.97 Å². The highest BCUT2D eigenvalue weighted by molar-refractivity contribution is 6.07. The second-order valence-electron chi connectivity index (χ2n) is 6.20. The van der Waals surface area contributed by atoms with Crippen LogP contribution in [-0.4, -0.2) is 16.2 Å². The quantitative estimate of drug-likeness (QED) is 0.482. The minimum Gasteiger partial charge on any atom is -0.508 e. The topological polar surface area (TPSA) is 114 Å². The average molecular weight is 361 g/mol. The summed E-state index contributed by atoms with van der Waals surface area (Å²) in [5.41, 5.74) is 8.28. The maximum Gasteiger partial charge on any atom is 0.336 e. The Hall–Kier alpha value is -3.64. The normalized spacial score (nSPS) is 11.1. The number of hydrogen-bond acceptors (Lipinski definition) is 5. The minimum atomic E-state index is -1.08. The molecule has 4 rings (SSSR count). The van der Waals surface area contributed by atoms with Crippen LogP contribution in [0, 0.1) is 0 Å². The van der Waals surface area contributed by atoms with Crippen molar-refractivity contribution in [3.05, 3.63) is 75.9 Å². The van der Waals surface area contributed by atoms with Gasteiger partial charge in [-0.3, -0.25) is 4.79 Å². The average Bonchev–Trinajstić information content (AvgIpc) is 2.65. The van der Waals surface area contributed by atoms with Gasteiger partial charge in [-0.1, -0.05) is 12.1 Å². The van der Waals surface area contributed by atoms with E-state index in [-0.39, 0.29) is 23.3 Å². The predicted octanol–water partition coefficient (Wildman–Crippen LogP) is 3.43. The Balaban J connectivity index is 2.18. The SMILES string of the molecule is NCc1ccc(-c2c3ccc(=O)cc-3oc3cc(O)ccc23)c(C(=O)O)c1. The van der Waals surface area contributed by atoms with Crippen molar-refractivity contribution in [1.29, 1.82) is 0 Å². The van der Waals surface area contributed by atoms with Crippen LogP contribution in [0.5, 0.6) is 5.75 Å². The number of phenols is 1. The lowest BCUT2D eigenvalue weighted by Crippen LogP contribution is -2.05. The zero-order valence-electron chi connectivity index (χ0n) is 14.1. The molecule has 0 radical (unpaired) electrons. The summed E-state index contributed by atoms with van der Waals surface area (Å²) in [6, 6.07) is 14.0. The van der Waals surface area contributed by atoms with Crippen molar-refractivity contribution in [2.45, 2.75) is 6.54 Å². The highest BCUT2D eigenvalue weighted by atomic mass is 16.4. The number of hydrogen-bond donors (Lipinski definition) is 3. The molecule has 1 aliphatic heterocycles. The summed E-state index contributed by atoms with van der Waals surface area (Å²) in [7, 11) is 0. The van der Waals surface area contributed by atoms with Crippen LogP contribution in [0.15, 0.2) is 63.8 Å². The Kier molecular flexibility index (Phi) is 3.90.